The minimum atomic E-state index is 0.188. The summed E-state index contributed by atoms with van der Waals surface area (Å²) in [6.45, 7) is 4.15. The number of para-hydroxylation sites is 1. The topological polar surface area (TPSA) is 35.2 Å². The summed E-state index contributed by atoms with van der Waals surface area (Å²) in [6, 6.07) is 16.5. The average Bonchev–Trinajstić information content (AvgIpc) is 2.41. The number of aryl methyl sites for hydroxylation is 1. The van der Waals surface area contributed by atoms with Gasteiger partial charge in [0.05, 0.1) is 0 Å². The van der Waals surface area contributed by atoms with Crippen molar-refractivity contribution in [3.8, 4) is 11.5 Å². The summed E-state index contributed by atoms with van der Waals surface area (Å²) in [5, 5.41) is 0. The molecule has 2 rings (SSSR count). The van der Waals surface area contributed by atoms with Crippen LogP contribution in [0.3, 0.4) is 0 Å². The maximum Gasteiger partial charge on any atom is 0.130 e. The largest absolute Gasteiger partial charge is 0.457 e. The van der Waals surface area contributed by atoms with Crippen molar-refractivity contribution in [2.24, 2.45) is 5.73 Å². The van der Waals surface area contributed by atoms with Crippen molar-refractivity contribution < 1.29 is 4.74 Å². The molecule has 2 aromatic carbocycles. The number of rotatable bonds is 5. The first-order valence-corrected chi connectivity index (χ1v) is 6.79. The molecule has 2 nitrogen and oxygen atoms in total. The second kappa shape index (κ2) is 6.39. The van der Waals surface area contributed by atoms with Crippen molar-refractivity contribution in [3.63, 3.8) is 0 Å². The van der Waals surface area contributed by atoms with Gasteiger partial charge in [0.2, 0.25) is 0 Å². The molecule has 0 radical (unpaired) electrons. The van der Waals surface area contributed by atoms with Crippen LogP contribution in [0.5, 0.6) is 11.5 Å². The second-order valence-electron chi connectivity index (χ2n) is 4.89. The molecular weight excluding hydrogens is 234 g/mol. The standard InChI is InChI=1S/C17H21NO/c1-3-15-6-4-5-7-17(15)19-16-10-8-14(9-11-16)12-13(2)18/h4-11,13H,3,12,18H2,1-2H3. The maximum atomic E-state index is 5.93. The van der Waals surface area contributed by atoms with Gasteiger partial charge in [-0.15, -0.1) is 0 Å². The van der Waals surface area contributed by atoms with Gasteiger partial charge < -0.3 is 10.5 Å². The van der Waals surface area contributed by atoms with Gasteiger partial charge in [-0.3, -0.25) is 0 Å². The van der Waals surface area contributed by atoms with E-state index in [0.29, 0.717) is 0 Å². The smallest absolute Gasteiger partial charge is 0.130 e. The number of hydrogen-bond acceptors (Lipinski definition) is 2. The fourth-order valence-corrected chi connectivity index (χ4v) is 2.09. The van der Waals surface area contributed by atoms with Gasteiger partial charge >= 0.3 is 0 Å². The summed E-state index contributed by atoms with van der Waals surface area (Å²) in [4.78, 5) is 0. The Morgan fingerprint density at radius 2 is 1.74 bits per heavy atom. The Hall–Kier alpha value is -1.80. The van der Waals surface area contributed by atoms with Crippen molar-refractivity contribution in [1.29, 1.82) is 0 Å². The Kier molecular flexibility index (Phi) is 4.58. The molecule has 0 bridgehead atoms. The van der Waals surface area contributed by atoms with E-state index < -0.39 is 0 Å². The molecule has 0 saturated carbocycles. The van der Waals surface area contributed by atoms with Crippen LogP contribution in [0.2, 0.25) is 0 Å². The quantitative estimate of drug-likeness (QED) is 0.878. The lowest BCUT2D eigenvalue weighted by Gasteiger charge is -2.11. The van der Waals surface area contributed by atoms with Crippen LogP contribution in [0.25, 0.3) is 0 Å². The van der Waals surface area contributed by atoms with E-state index in [9.17, 15) is 0 Å². The first-order chi connectivity index (χ1) is 9.19. The molecule has 0 heterocycles. The maximum absolute atomic E-state index is 5.93. The highest BCUT2D eigenvalue weighted by atomic mass is 16.5. The van der Waals surface area contributed by atoms with Crippen LogP contribution in [-0.4, -0.2) is 6.04 Å². The minimum Gasteiger partial charge on any atom is -0.457 e. The Bertz CT molecular complexity index is 517. The van der Waals surface area contributed by atoms with Gasteiger partial charge in [0, 0.05) is 6.04 Å². The molecule has 0 spiro atoms. The van der Waals surface area contributed by atoms with E-state index in [1.54, 1.807) is 0 Å². The van der Waals surface area contributed by atoms with Crippen LogP contribution in [-0.2, 0) is 12.8 Å². The van der Waals surface area contributed by atoms with Crippen molar-refractivity contribution in [1.82, 2.24) is 0 Å². The van der Waals surface area contributed by atoms with Gasteiger partial charge in [0.1, 0.15) is 11.5 Å². The third kappa shape index (κ3) is 3.83. The molecule has 0 fully saturated rings. The Morgan fingerprint density at radius 3 is 2.37 bits per heavy atom. The molecule has 0 aliphatic carbocycles. The van der Waals surface area contributed by atoms with Gasteiger partial charge in [-0.25, -0.2) is 0 Å². The molecular formula is C17H21NO. The fraction of sp³-hybridized carbons (Fsp3) is 0.294. The lowest BCUT2D eigenvalue weighted by Crippen LogP contribution is -2.17. The highest BCUT2D eigenvalue weighted by Gasteiger charge is 2.03. The molecule has 2 heteroatoms. The number of nitrogens with two attached hydrogens (primary N) is 1. The van der Waals surface area contributed by atoms with E-state index in [0.717, 1.165) is 24.3 Å². The van der Waals surface area contributed by atoms with E-state index in [1.165, 1.54) is 11.1 Å². The first-order valence-electron chi connectivity index (χ1n) is 6.79. The second-order valence-corrected chi connectivity index (χ2v) is 4.89. The predicted octanol–water partition coefficient (Wildman–Crippen LogP) is 3.93. The molecule has 2 N–H and O–H groups in total. The van der Waals surface area contributed by atoms with Gasteiger partial charge in [-0.2, -0.15) is 0 Å². The summed E-state index contributed by atoms with van der Waals surface area (Å²) in [5.41, 5.74) is 8.26. The first kappa shape index (κ1) is 13.6. The van der Waals surface area contributed by atoms with Crippen molar-refractivity contribution in [2.75, 3.05) is 0 Å². The Labute approximate surface area is 115 Å². The number of ether oxygens (including phenoxy) is 1. The van der Waals surface area contributed by atoms with Crippen molar-refractivity contribution >= 4 is 0 Å². The van der Waals surface area contributed by atoms with Crippen molar-refractivity contribution in [3.05, 3.63) is 59.7 Å². The van der Waals surface area contributed by atoms with E-state index in [4.69, 9.17) is 10.5 Å². The van der Waals surface area contributed by atoms with Gasteiger partial charge in [0.15, 0.2) is 0 Å². The lowest BCUT2D eigenvalue weighted by molar-refractivity contribution is 0.476. The predicted molar refractivity (Wildman–Crippen MR) is 79.7 cm³/mol. The van der Waals surface area contributed by atoms with E-state index in [2.05, 4.69) is 25.1 Å². The zero-order valence-corrected chi connectivity index (χ0v) is 11.6. The van der Waals surface area contributed by atoms with Crippen LogP contribution in [0.15, 0.2) is 48.5 Å². The van der Waals surface area contributed by atoms with Crippen LogP contribution < -0.4 is 10.5 Å². The Morgan fingerprint density at radius 1 is 1.05 bits per heavy atom. The highest BCUT2D eigenvalue weighted by Crippen LogP contribution is 2.25. The summed E-state index contributed by atoms with van der Waals surface area (Å²) in [5.74, 6) is 1.80. The van der Waals surface area contributed by atoms with Crippen LogP contribution in [0.1, 0.15) is 25.0 Å². The van der Waals surface area contributed by atoms with Crippen LogP contribution in [0, 0.1) is 0 Å². The molecule has 2 aromatic rings. The van der Waals surface area contributed by atoms with Crippen molar-refractivity contribution in [2.45, 2.75) is 32.7 Å². The molecule has 100 valence electrons. The number of benzene rings is 2. The molecule has 0 saturated heterocycles. The van der Waals surface area contributed by atoms with Gasteiger partial charge in [-0.05, 0) is 49.1 Å². The summed E-state index contributed by atoms with van der Waals surface area (Å²) in [7, 11) is 0. The fourth-order valence-electron chi connectivity index (χ4n) is 2.09. The van der Waals surface area contributed by atoms with E-state index >= 15 is 0 Å². The van der Waals surface area contributed by atoms with Gasteiger partial charge in [-0.1, -0.05) is 37.3 Å². The zero-order valence-electron chi connectivity index (χ0n) is 11.6. The minimum absolute atomic E-state index is 0.188. The normalized spacial score (nSPS) is 12.2. The average molecular weight is 255 g/mol. The molecule has 0 aromatic heterocycles. The summed E-state index contributed by atoms with van der Waals surface area (Å²) < 4.78 is 5.93. The van der Waals surface area contributed by atoms with E-state index in [1.807, 2.05) is 37.3 Å². The third-order valence-corrected chi connectivity index (χ3v) is 3.06. The third-order valence-electron chi connectivity index (χ3n) is 3.06. The van der Waals surface area contributed by atoms with Crippen LogP contribution in [0.4, 0.5) is 0 Å². The summed E-state index contributed by atoms with van der Waals surface area (Å²) in [6.07, 6.45) is 1.87. The van der Waals surface area contributed by atoms with Crippen LogP contribution >= 0.6 is 0 Å². The molecule has 0 amide bonds. The molecule has 1 unspecified atom stereocenters. The van der Waals surface area contributed by atoms with Gasteiger partial charge in [0.25, 0.3) is 0 Å². The summed E-state index contributed by atoms with van der Waals surface area (Å²) >= 11 is 0. The lowest BCUT2D eigenvalue weighted by atomic mass is 10.1. The number of hydrogen-bond donors (Lipinski definition) is 1. The highest BCUT2D eigenvalue weighted by molar-refractivity contribution is 5.38. The monoisotopic (exact) mass is 255 g/mol. The van der Waals surface area contributed by atoms with E-state index in [-0.39, 0.29) is 6.04 Å². The molecule has 0 aliphatic heterocycles. The molecule has 19 heavy (non-hydrogen) atoms. The zero-order chi connectivity index (χ0) is 13.7. The molecule has 1 atom stereocenters. The Balaban J connectivity index is 2.11. The SMILES string of the molecule is CCc1ccccc1Oc1ccc(CC(C)N)cc1. The molecule has 0 aliphatic rings.